The molecule has 1 fully saturated rings. The number of hydrogen-bond donors (Lipinski definition) is 1. The van der Waals surface area contributed by atoms with Gasteiger partial charge in [-0.2, -0.15) is 5.10 Å². The molecule has 2 atom stereocenters. The normalized spacial score (nSPS) is 21.6. The van der Waals surface area contributed by atoms with E-state index in [2.05, 4.69) is 48.0 Å². The van der Waals surface area contributed by atoms with Crippen LogP contribution in [0.5, 0.6) is 0 Å². The van der Waals surface area contributed by atoms with Crippen molar-refractivity contribution in [2.45, 2.75) is 53.5 Å². The fraction of sp³-hybridized carbons (Fsp3) is 0.778. The van der Waals surface area contributed by atoms with Crippen LogP contribution in [0.3, 0.4) is 0 Å². The van der Waals surface area contributed by atoms with Crippen molar-refractivity contribution < 1.29 is 0 Å². The molecular weight excluding hydrogens is 413 g/mol. The van der Waals surface area contributed by atoms with Crippen LogP contribution in [-0.2, 0) is 26.4 Å². The van der Waals surface area contributed by atoms with Gasteiger partial charge in [-0.05, 0) is 31.1 Å². The summed E-state index contributed by atoms with van der Waals surface area (Å²) < 4.78 is 2.03. The topological polar surface area (TPSA) is 45.5 Å². The highest BCUT2D eigenvalue weighted by Crippen LogP contribution is 2.21. The molecule has 0 amide bonds. The van der Waals surface area contributed by atoms with Crippen LogP contribution in [0, 0.1) is 11.8 Å². The molecule has 6 heteroatoms. The van der Waals surface area contributed by atoms with Crippen LogP contribution in [0.4, 0.5) is 0 Å². The van der Waals surface area contributed by atoms with E-state index in [1.165, 1.54) is 23.4 Å². The monoisotopic (exact) mass is 447 g/mol. The summed E-state index contributed by atoms with van der Waals surface area (Å²) in [6, 6.07) is 0. The van der Waals surface area contributed by atoms with E-state index < -0.39 is 0 Å². The number of hydrogen-bond acceptors (Lipinski definition) is 2. The predicted molar refractivity (Wildman–Crippen MR) is 112 cm³/mol. The third kappa shape index (κ3) is 4.86. The second kappa shape index (κ2) is 9.63. The second-order valence-electron chi connectivity index (χ2n) is 6.95. The Morgan fingerprint density at radius 1 is 1.21 bits per heavy atom. The molecule has 0 aliphatic carbocycles. The SMILES string of the molecule is CCc1nn(C)c(CC)c1CNC(=NC)N1CC(C)CC(C)C1.I. The minimum atomic E-state index is 0. The van der Waals surface area contributed by atoms with Gasteiger partial charge in [-0.1, -0.05) is 27.7 Å². The maximum atomic E-state index is 4.66. The summed E-state index contributed by atoms with van der Waals surface area (Å²) >= 11 is 0. The Labute approximate surface area is 164 Å². The van der Waals surface area contributed by atoms with E-state index in [1.807, 2.05) is 18.8 Å². The van der Waals surface area contributed by atoms with Gasteiger partial charge in [-0.25, -0.2) is 0 Å². The van der Waals surface area contributed by atoms with Crippen molar-refractivity contribution in [1.82, 2.24) is 20.0 Å². The lowest BCUT2D eigenvalue weighted by atomic mass is 9.92. The van der Waals surface area contributed by atoms with Crippen molar-refractivity contribution in [1.29, 1.82) is 0 Å². The number of halogens is 1. The van der Waals surface area contributed by atoms with E-state index in [0.29, 0.717) is 0 Å². The first-order valence-electron chi connectivity index (χ1n) is 8.99. The highest BCUT2D eigenvalue weighted by molar-refractivity contribution is 14.0. The molecule has 5 nitrogen and oxygen atoms in total. The first kappa shape index (κ1) is 21.3. The molecule has 1 aromatic rings. The summed E-state index contributed by atoms with van der Waals surface area (Å²) in [6.07, 6.45) is 3.30. The molecule has 2 unspecified atom stereocenters. The number of aryl methyl sites for hydroxylation is 2. The molecule has 24 heavy (non-hydrogen) atoms. The lowest BCUT2D eigenvalue weighted by molar-refractivity contribution is 0.208. The Morgan fingerprint density at radius 2 is 1.83 bits per heavy atom. The number of likely N-dealkylation sites (tertiary alicyclic amines) is 1. The molecule has 0 spiro atoms. The standard InChI is InChI=1S/C18H33N5.HI/c1-7-16-15(17(8-2)22(6)21-16)10-20-18(19-5)23-11-13(3)9-14(4)12-23;/h13-14H,7-12H2,1-6H3,(H,19,20);1H. The van der Waals surface area contributed by atoms with E-state index in [9.17, 15) is 0 Å². The van der Waals surface area contributed by atoms with Crippen LogP contribution in [0.25, 0.3) is 0 Å². The van der Waals surface area contributed by atoms with Gasteiger partial charge in [-0.3, -0.25) is 9.67 Å². The van der Waals surface area contributed by atoms with Crippen LogP contribution < -0.4 is 5.32 Å². The molecule has 1 N–H and O–H groups in total. The van der Waals surface area contributed by atoms with E-state index in [4.69, 9.17) is 0 Å². The highest BCUT2D eigenvalue weighted by Gasteiger charge is 2.24. The molecular formula is C18H34IN5. The van der Waals surface area contributed by atoms with Crippen LogP contribution in [0.15, 0.2) is 4.99 Å². The Hall–Kier alpha value is -0.790. The molecule has 0 saturated carbocycles. The quantitative estimate of drug-likeness (QED) is 0.438. The fourth-order valence-corrected chi connectivity index (χ4v) is 3.93. The molecule has 2 heterocycles. The molecule has 138 valence electrons. The van der Waals surface area contributed by atoms with Gasteiger partial charge < -0.3 is 10.2 Å². The molecule has 1 saturated heterocycles. The van der Waals surface area contributed by atoms with Gasteiger partial charge in [0.05, 0.1) is 5.69 Å². The minimum Gasteiger partial charge on any atom is -0.352 e. The maximum Gasteiger partial charge on any atom is 0.193 e. The van der Waals surface area contributed by atoms with Crippen molar-refractivity contribution >= 4 is 29.9 Å². The van der Waals surface area contributed by atoms with Gasteiger partial charge in [-0.15, -0.1) is 24.0 Å². The van der Waals surface area contributed by atoms with Crippen LogP contribution in [-0.4, -0.2) is 40.8 Å². The average Bonchev–Trinajstić information content (AvgIpc) is 2.82. The summed E-state index contributed by atoms with van der Waals surface area (Å²) in [5, 5.41) is 8.25. The van der Waals surface area contributed by atoms with Gasteiger partial charge in [0.15, 0.2) is 5.96 Å². The number of guanidine groups is 1. The van der Waals surface area contributed by atoms with Crippen LogP contribution in [0.1, 0.15) is 51.1 Å². The number of rotatable bonds is 4. The summed E-state index contributed by atoms with van der Waals surface area (Å²) in [4.78, 5) is 6.93. The Bertz CT molecular complexity index is 542. The minimum absolute atomic E-state index is 0. The molecule has 2 rings (SSSR count). The molecule has 0 radical (unpaired) electrons. The van der Waals surface area contributed by atoms with Gasteiger partial charge in [0.2, 0.25) is 0 Å². The average molecular weight is 447 g/mol. The number of nitrogens with zero attached hydrogens (tertiary/aromatic N) is 4. The number of piperidine rings is 1. The Kier molecular flexibility index (Phi) is 8.53. The number of aromatic nitrogens is 2. The molecule has 1 aliphatic heterocycles. The maximum absolute atomic E-state index is 4.66. The molecule has 0 aromatic carbocycles. The van der Waals surface area contributed by atoms with Gasteiger partial charge in [0.25, 0.3) is 0 Å². The summed E-state index contributed by atoms with van der Waals surface area (Å²) in [7, 11) is 3.93. The number of nitrogens with one attached hydrogen (secondary N) is 1. The van der Waals surface area contributed by atoms with Gasteiger partial charge in [0, 0.05) is 45.0 Å². The van der Waals surface area contributed by atoms with Crippen molar-refractivity contribution in [3.8, 4) is 0 Å². The Balaban J connectivity index is 0.00000288. The zero-order valence-corrected chi connectivity index (χ0v) is 18.4. The Morgan fingerprint density at radius 3 is 2.33 bits per heavy atom. The summed E-state index contributed by atoms with van der Waals surface area (Å²) in [5.41, 5.74) is 3.87. The third-order valence-corrected chi connectivity index (χ3v) is 4.83. The van der Waals surface area contributed by atoms with Crippen LogP contribution >= 0.6 is 24.0 Å². The van der Waals surface area contributed by atoms with E-state index in [-0.39, 0.29) is 24.0 Å². The predicted octanol–water partition coefficient (Wildman–Crippen LogP) is 3.22. The van der Waals surface area contributed by atoms with Crippen molar-refractivity contribution in [3.05, 3.63) is 17.0 Å². The summed E-state index contributed by atoms with van der Waals surface area (Å²) in [6.45, 7) is 12.0. The lowest BCUT2D eigenvalue weighted by Gasteiger charge is -2.37. The first-order chi connectivity index (χ1) is 11.0. The third-order valence-electron chi connectivity index (χ3n) is 4.83. The van der Waals surface area contributed by atoms with Crippen LogP contribution in [0.2, 0.25) is 0 Å². The summed E-state index contributed by atoms with van der Waals surface area (Å²) in [5.74, 6) is 2.48. The molecule has 1 aliphatic rings. The zero-order chi connectivity index (χ0) is 17.0. The van der Waals surface area contributed by atoms with E-state index in [1.54, 1.807) is 0 Å². The van der Waals surface area contributed by atoms with E-state index >= 15 is 0 Å². The van der Waals surface area contributed by atoms with Crippen molar-refractivity contribution in [2.24, 2.45) is 23.9 Å². The second-order valence-corrected chi connectivity index (χ2v) is 6.95. The van der Waals surface area contributed by atoms with Gasteiger partial charge >= 0.3 is 0 Å². The highest BCUT2D eigenvalue weighted by atomic mass is 127. The fourth-order valence-electron chi connectivity index (χ4n) is 3.93. The van der Waals surface area contributed by atoms with Gasteiger partial charge in [0.1, 0.15) is 0 Å². The molecule has 1 aromatic heterocycles. The smallest absolute Gasteiger partial charge is 0.193 e. The largest absolute Gasteiger partial charge is 0.352 e. The van der Waals surface area contributed by atoms with Crippen molar-refractivity contribution in [3.63, 3.8) is 0 Å². The zero-order valence-electron chi connectivity index (χ0n) is 16.1. The lowest BCUT2D eigenvalue weighted by Crippen LogP contribution is -2.48. The molecule has 0 bridgehead atoms. The first-order valence-corrected chi connectivity index (χ1v) is 8.99. The van der Waals surface area contributed by atoms with E-state index in [0.717, 1.165) is 50.3 Å². The van der Waals surface area contributed by atoms with Crippen molar-refractivity contribution in [2.75, 3.05) is 20.1 Å². The number of aliphatic imine (C=N–C) groups is 1.